The van der Waals surface area contributed by atoms with E-state index in [9.17, 15) is 18.0 Å². The van der Waals surface area contributed by atoms with Gasteiger partial charge in [0.15, 0.2) is 5.78 Å². The van der Waals surface area contributed by atoms with Crippen molar-refractivity contribution in [2.45, 2.75) is 19.5 Å². The Morgan fingerprint density at radius 1 is 1.46 bits per heavy atom. The Morgan fingerprint density at radius 2 is 2.00 bits per heavy atom. The minimum atomic E-state index is -4.33. The second-order valence-corrected chi connectivity index (χ2v) is 2.62. The van der Waals surface area contributed by atoms with Crippen molar-refractivity contribution in [3.63, 3.8) is 0 Å². The molecular formula is C8H11F3O2. The van der Waals surface area contributed by atoms with Crippen LogP contribution in [-0.2, 0) is 9.53 Å². The van der Waals surface area contributed by atoms with Gasteiger partial charge in [0, 0.05) is 6.42 Å². The predicted octanol–water partition coefficient (Wildman–Crippen LogP) is 2.10. The van der Waals surface area contributed by atoms with Gasteiger partial charge >= 0.3 is 6.18 Å². The number of hydrogen-bond donors (Lipinski definition) is 0. The van der Waals surface area contributed by atoms with Gasteiger partial charge in [0.25, 0.3) is 0 Å². The number of carbonyl (C=O) groups excluding carboxylic acids is 1. The largest absolute Gasteiger partial charge is 0.411 e. The van der Waals surface area contributed by atoms with Crippen LogP contribution in [0.3, 0.4) is 0 Å². The third kappa shape index (κ3) is 7.52. The number of Topliss-reactive ketones (excluding diaryl/α,β-unsaturated/α-hetero) is 1. The van der Waals surface area contributed by atoms with E-state index in [-0.39, 0.29) is 18.8 Å². The highest BCUT2D eigenvalue weighted by Gasteiger charge is 2.27. The summed E-state index contributed by atoms with van der Waals surface area (Å²) >= 11 is 0. The molecule has 13 heavy (non-hydrogen) atoms. The summed E-state index contributed by atoms with van der Waals surface area (Å²) in [5.41, 5.74) is 0.329. The first-order valence-electron chi connectivity index (χ1n) is 3.66. The molecule has 0 aromatic rings. The van der Waals surface area contributed by atoms with Gasteiger partial charge in [-0.15, -0.1) is 0 Å². The minimum Gasteiger partial charge on any atom is -0.372 e. The van der Waals surface area contributed by atoms with E-state index < -0.39 is 12.8 Å². The topological polar surface area (TPSA) is 26.3 Å². The first-order chi connectivity index (χ1) is 5.83. The number of halogens is 3. The summed E-state index contributed by atoms with van der Waals surface area (Å²) in [6, 6.07) is 0. The molecule has 2 nitrogen and oxygen atoms in total. The number of rotatable bonds is 5. The van der Waals surface area contributed by atoms with E-state index in [1.54, 1.807) is 0 Å². The second kappa shape index (κ2) is 5.01. The number of alkyl halides is 3. The molecule has 0 heterocycles. The number of carbonyl (C=O) groups is 1. The van der Waals surface area contributed by atoms with Gasteiger partial charge in [-0.1, -0.05) is 6.58 Å². The fourth-order valence-corrected chi connectivity index (χ4v) is 0.566. The summed E-state index contributed by atoms with van der Waals surface area (Å²) in [6.07, 6.45) is -4.38. The van der Waals surface area contributed by atoms with Crippen molar-refractivity contribution in [2.75, 3.05) is 13.2 Å². The molecule has 0 aliphatic heterocycles. The van der Waals surface area contributed by atoms with E-state index in [1.807, 2.05) is 0 Å². The maximum atomic E-state index is 11.5. The van der Waals surface area contributed by atoms with Crippen molar-refractivity contribution in [3.8, 4) is 0 Å². The molecule has 0 spiro atoms. The Labute approximate surface area is 74.4 Å². The molecule has 5 heteroatoms. The maximum absolute atomic E-state index is 11.5. The fraction of sp³-hybridized carbons (Fsp3) is 0.625. The van der Waals surface area contributed by atoms with Crippen LogP contribution in [-0.4, -0.2) is 25.2 Å². The Kier molecular flexibility index (Phi) is 4.69. The molecular weight excluding hydrogens is 185 g/mol. The average molecular weight is 196 g/mol. The van der Waals surface area contributed by atoms with E-state index in [0.29, 0.717) is 5.57 Å². The Morgan fingerprint density at radius 3 is 2.38 bits per heavy atom. The molecule has 0 fully saturated rings. The molecule has 0 N–H and O–H groups in total. The Balaban J connectivity index is 3.47. The lowest BCUT2D eigenvalue weighted by molar-refractivity contribution is -0.174. The summed E-state index contributed by atoms with van der Waals surface area (Å²) in [7, 11) is 0. The van der Waals surface area contributed by atoms with Gasteiger partial charge in [-0.3, -0.25) is 4.79 Å². The van der Waals surface area contributed by atoms with Gasteiger partial charge in [0.1, 0.15) is 6.61 Å². The van der Waals surface area contributed by atoms with Crippen LogP contribution < -0.4 is 0 Å². The van der Waals surface area contributed by atoms with Crippen molar-refractivity contribution in [1.29, 1.82) is 0 Å². The van der Waals surface area contributed by atoms with Crippen LogP contribution in [0.2, 0.25) is 0 Å². The molecule has 0 aliphatic carbocycles. The quantitative estimate of drug-likeness (QED) is 0.497. The van der Waals surface area contributed by atoms with Gasteiger partial charge in [0.05, 0.1) is 6.61 Å². The highest BCUT2D eigenvalue weighted by Crippen LogP contribution is 2.14. The lowest BCUT2D eigenvalue weighted by Crippen LogP contribution is -2.18. The highest BCUT2D eigenvalue weighted by atomic mass is 19.4. The molecule has 76 valence electrons. The fourth-order valence-electron chi connectivity index (χ4n) is 0.566. The molecule has 0 aromatic heterocycles. The summed E-state index contributed by atoms with van der Waals surface area (Å²) in [4.78, 5) is 10.8. The molecule has 0 radical (unpaired) electrons. The predicted molar refractivity (Wildman–Crippen MR) is 41.3 cm³/mol. The van der Waals surface area contributed by atoms with Gasteiger partial charge in [-0.05, 0) is 12.5 Å². The summed E-state index contributed by atoms with van der Waals surface area (Å²) in [5.74, 6) is -0.276. The van der Waals surface area contributed by atoms with E-state index in [0.717, 1.165) is 0 Å². The van der Waals surface area contributed by atoms with Crippen LogP contribution in [0.25, 0.3) is 0 Å². The first-order valence-corrected chi connectivity index (χ1v) is 3.66. The van der Waals surface area contributed by atoms with Crippen LogP contribution in [0.1, 0.15) is 13.3 Å². The van der Waals surface area contributed by atoms with Crippen LogP contribution in [0.4, 0.5) is 13.2 Å². The van der Waals surface area contributed by atoms with Crippen molar-refractivity contribution in [3.05, 3.63) is 12.2 Å². The van der Waals surface area contributed by atoms with Gasteiger partial charge in [0.2, 0.25) is 0 Å². The van der Waals surface area contributed by atoms with E-state index >= 15 is 0 Å². The Bertz CT molecular complexity index is 196. The van der Waals surface area contributed by atoms with Crippen molar-refractivity contribution in [1.82, 2.24) is 0 Å². The van der Waals surface area contributed by atoms with Crippen LogP contribution in [0.15, 0.2) is 12.2 Å². The lowest BCUT2D eigenvalue weighted by atomic mass is 10.2. The third-order valence-electron chi connectivity index (χ3n) is 1.22. The van der Waals surface area contributed by atoms with Crippen LogP contribution in [0.5, 0.6) is 0 Å². The number of hydrogen-bond acceptors (Lipinski definition) is 2. The van der Waals surface area contributed by atoms with Crippen molar-refractivity contribution in [2.24, 2.45) is 0 Å². The highest BCUT2D eigenvalue weighted by molar-refractivity contribution is 5.94. The number of ketones is 1. The number of ether oxygens (including phenoxy) is 1. The zero-order valence-electron chi connectivity index (χ0n) is 7.28. The normalized spacial score (nSPS) is 11.4. The third-order valence-corrected chi connectivity index (χ3v) is 1.22. The zero-order valence-corrected chi connectivity index (χ0v) is 7.28. The molecule has 0 aromatic carbocycles. The maximum Gasteiger partial charge on any atom is 0.411 e. The van der Waals surface area contributed by atoms with Crippen molar-refractivity contribution < 1.29 is 22.7 Å². The summed E-state index contributed by atoms with van der Waals surface area (Å²) in [6.45, 7) is 3.34. The lowest BCUT2D eigenvalue weighted by Gasteiger charge is -2.06. The minimum absolute atomic E-state index is 0.0502. The molecule has 0 atom stereocenters. The molecule has 0 aliphatic rings. The summed E-state index contributed by atoms with van der Waals surface area (Å²) in [5, 5.41) is 0. The molecule has 0 rings (SSSR count). The van der Waals surface area contributed by atoms with Gasteiger partial charge in [-0.25, -0.2) is 0 Å². The zero-order chi connectivity index (χ0) is 10.5. The smallest absolute Gasteiger partial charge is 0.372 e. The van der Waals surface area contributed by atoms with Crippen LogP contribution in [0, 0.1) is 0 Å². The molecule has 0 saturated carbocycles. The SMILES string of the molecule is C=C(C)C(=O)CCOCC(F)(F)F. The van der Waals surface area contributed by atoms with E-state index in [2.05, 4.69) is 11.3 Å². The molecule has 0 bridgehead atoms. The monoisotopic (exact) mass is 196 g/mol. The van der Waals surface area contributed by atoms with E-state index in [1.165, 1.54) is 6.92 Å². The molecule has 0 saturated heterocycles. The van der Waals surface area contributed by atoms with Crippen molar-refractivity contribution >= 4 is 5.78 Å². The molecule has 0 amide bonds. The van der Waals surface area contributed by atoms with Crippen LogP contribution >= 0.6 is 0 Å². The average Bonchev–Trinajstić information content (AvgIpc) is 1.95. The van der Waals surface area contributed by atoms with Gasteiger partial charge in [-0.2, -0.15) is 13.2 Å². The van der Waals surface area contributed by atoms with Gasteiger partial charge < -0.3 is 4.74 Å². The van der Waals surface area contributed by atoms with E-state index in [4.69, 9.17) is 0 Å². The summed E-state index contributed by atoms with van der Waals surface area (Å²) < 4.78 is 38.8. The Hall–Kier alpha value is -0.840. The number of allylic oxidation sites excluding steroid dienone is 1. The second-order valence-electron chi connectivity index (χ2n) is 2.62. The molecule has 0 unspecified atom stereocenters. The standard InChI is InChI=1S/C8H11F3O2/c1-6(2)7(12)3-4-13-5-8(9,10)11/h1,3-5H2,2H3. The first kappa shape index (κ1) is 12.2.